The number of likely N-dealkylation sites (tertiary alicyclic amines) is 1. The number of ether oxygens (including phenoxy) is 3. The standard InChI is InChI=1S/C25H28N2O7/c1-15(14-28)27-21-23(30)26(16-7-9-17(32-2)10-8-16)12-5-11-25(21)20(22(27)29)19-18(34-25)6-3-4-13-33-24(19)31/h3,5-11,15,18-21,28H,4,12-14H2,1-2H3/t15-,18-,19+,20+,21?,25+/m1/s1. The zero-order valence-corrected chi connectivity index (χ0v) is 19.1. The zero-order valence-electron chi connectivity index (χ0n) is 19.1. The highest BCUT2D eigenvalue weighted by atomic mass is 16.6. The van der Waals surface area contributed by atoms with Gasteiger partial charge in [0.25, 0.3) is 5.91 Å². The Morgan fingerprint density at radius 2 is 1.94 bits per heavy atom. The van der Waals surface area contributed by atoms with E-state index < -0.39 is 41.6 Å². The molecule has 4 heterocycles. The number of aliphatic hydroxyl groups is 1. The second kappa shape index (κ2) is 8.56. The summed E-state index contributed by atoms with van der Waals surface area (Å²) in [6.45, 7) is 1.85. The zero-order chi connectivity index (χ0) is 24.0. The van der Waals surface area contributed by atoms with E-state index in [1.54, 1.807) is 55.4 Å². The van der Waals surface area contributed by atoms with E-state index in [9.17, 15) is 19.5 Å². The number of methoxy groups -OCH3 is 1. The fraction of sp³-hybridized carbons (Fsp3) is 0.480. The number of benzene rings is 1. The van der Waals surface area contributed by atoms with Crippen molar-refractivity contribution in [3.63, 3.8) is 0 Å². The molecular formula is C25H28N2O7. The highest BCUT2D eigenvalue weighted by molar-refractivity contribution is 6.05. The van der Waals surface area contributed by atoms with Gasteiger partial charge in [-0.2, -0.15) is 0 Å². The molecule has 4 aliphatic heterocycles. The number of hydrogen-bond donors (Lipinski definition) is 1. The Hall–Kier alpha value is -3.17. The fourth-order valence-corrected chi connectivity index (χ4v) is 5.60. The van der Waals surface area contributed by atoms with Crippen LogP contribution in [0.5, 0.6) is 5.75 Å². The van der Waals surface area contributed by atoms with Gasteiger partial charge in [0, 0.05) is 12.2 Å². The number of esters is 1. The van der Waals surface area contributed by atoms with E-state index in [0.717, 1.165) is 0 Å². The van der Waals surface area contributed by atoms with Gasteiger partial charge in [0.2, 0.25) is 5.91 Å². The molecule has 2 amide bonds. The molecule has 5 rings (SSSR count). The molecule has 1 spiro atoms. The van der Waals surface area contributed by atoms with Gasteiger partial charge in [-0.05, 0) is 37.6 Å². The predicted molar refractivity (Wildman–Crippen MR) is 121 cm³/mol. The van der Waals surface area contributed by atoms with Crippen molar-refractivity contribution in [1.29, 1.82) is 0 Å². The summed E-state index contributed by atoms with van der Waals surface area (Å²) < 4.78 is 17.1. The minimum Gasteiger partial charge on any atom is -0.497 e. The Kier molecular flexibility index (Phi) is 5.69. The van der Waals surface area contributed by atoms with Crippen molar-refractivity contribution in [3.05, 3.63) is 48.6 Å². The molecule has 9 nitrogen and oxygen atoms in total. The van der Waals surface area contributed by atoms with Crippen molar-refractivity contribution >= 4 is 23.5 Å². The van der Waals surface area contributed by atoms with Crippen LogP contribution in [0.2, 0.25) is 0 Å². The molecule has 1 N–H and O–H groups in total. The highest BCUT2D eigenvalue weighted by Gasteiger charge is 2.72. The van der Waals surface area contributed by atoms with Gasteiger partial charge in [0.05, 0.1) is 38.4 Å². The van der Waals surface area contributed by atoms with Crippen molar-refractivity contribution in [2.45, 2.75) is 37.1 Å². The number of carbonyl (C=O) groups is 3. The molecular weight excluding hydrogens is 440 g/mol. The predicted octanol–water partition coefficient (Wildman–Crippen LogP) is 1.06. The third-order valence-electron chi connectivity index (χ3n) is 7.18. The third kappa shape index (κ3) is 3.25. The van der Waals surface area contributed by atoms with Crippen molar-refractivity contribution in [2.24, 2.45) is 11.8 Å². The van der Waals surface area contributed by atoms with E-state index in [2.05, 4.69) is 0 Å². The van der Waals surface area contributed by atoms with Gasteiger partial charge in [-0.25, -0.2) is 0 Å². The SMILES string of the molecule is COc1ccc(N2CC=C[C@]34O[C@@H]5C=CCCOC(=O)[C@@H]5[C@H]3C(=O)N([C@H](C)CO)C4C2=O)cc1. The summed E-state index contributed by atoms with van der Waals surface area (Å²) in [6, 6.07) is 5.40. The minimum absolute atomic E-state index is 0.229. The summed E-state index contributed by atoms with van der Waals surface area (Å²) in [5.41, 5.74) is -0.703. The van der Waals surface area contributed by atoms with Crippen molar-refractivity contribution in [3.8, 4) is 5.75 Å². The fourth-order valence-electron chi connectivity index (χ4n) is 5.60. The molecule has 4 aliphatic rings. The van der Waals surface area contributed by atoms with Gasteiger partial charge >= 0.3 is 5.97 Å². The van der Waals surface area contributed by atoms with Crippen LogP contribution < -0.4 is 9.64 Å². The molecule has 1 aromatic carbocycles. The van der Waals surface area contributed by atoms with E-state index >= 15 is 0 Å². The smallest absolute Gasteiger partial charge is 0.312 e. The molecule has 2 fully saturated rings. The quantitative estimate of drug-likeness (QED) is 0.520. The van der Waals surface area contributed by atoms with Crippen molar-refractivity contribution < 1.29 is 33.7 Å². The monoisotopic (exact) mass is 468 g/mol. The Balaban J connectivity index is 1.61. The Bertz CT molecular complexity index is 1050. The van der Waals surface area contributed by atoms with Crippen LogP contribution in [0.25, 0.3) is 0 Å². The van der Waals surface area contributed by atoms with Gasteiger partial charge < -0.3 is 29.1 Å². The lowest BCUT2D eigenvalue weighted by molar-refractivity contribution is -0.155. The number of hydrogen-bond acceptors (Lipinski definition) is 7. The Morgan fingerprint density at radius 1 is 1.18 bits per heavy atom. The summed E-state index contributed by atoms with van der Waals surface area (Å²) in [4.78, 5) is 43.9. The van der Waals surface area contributed by atoms with E-state index in [4.69, 9.17) is 14.2 Å². The van der Waals surface area contributed by atoms with Crippen molar-refractivity contribution in [1.82, 2.24) is 4.90 Å². The molecule has 0 saturated carbocycles. The highest BCUT2D eigenvalue weighted by Crippen LogP contribution is 2.53. The van der Waals surface area contributed by atoms with Gasteiger partial charge in [-0.1, -0.05) is 24.3 Å². The number of amides is 2. The first-order valence-electron chi connectivity index (χ1n) is 11.5. The number of rotatable bonds is 4. The van der Waals surface area contributed by atoms with Crippen LogP contribution in [0.15, 0.2) is 48.6 Å². The maximum atomic E-state index is 14.1. The number of fused-ring (bicyclic) bond motifs is 2. The first-order valence-corrected chi connectivity index (χ1v) is 11.5. The third-order valence-corrected chi connectivity index (χ3v) is 7.18. The van der Waals surface area contributed by atoms with Crippen LogP contribution in [-0.4, -0.2) is 78.4 Å². The average Bonchev–Trinajstić information content (AvgIpc) is 3.22. The van der Waals surface area contributed by atoms with Gasteiger partial charge in [-0.15, -0.1) is 0 Å². The lowest BCUT2D eigenvalue weighted by Gasteiger charge is -2.37. The van der Waals surface area contributed by atoms with Gasteiger partial charge in [0.15, 0.2) is 0 Å². The number of cyclic esters (lactones) is 1. The summed E-state index contributed by atoms with van der Waals surface area (Å²) in [6.07, 6.45) is 7.12. The van der Waals surface area contributed by atoms with E-state index in [1.807, 2.05) is 12.2 Å². The van der Waals surface area contributed by atoms with Crippen LogP contribution in [0.1, 0.15) is 13.3 Å². The first-order chi connectivity index (χ1) is 16.4. The lowest BCUT2D eigenvalue weighted by Crippen LogP contribution is -2.57. The van der Waals surface area contributed by atoms with Crippen LogP contribution in [-0.2, 0) is 23.9 Å². The normalized spacial score (nSPS) is 33.4. The maximum Gasteiger partial charge on any atom is 0.312 e. The molecule has 1 unspecified atom stereocenters. The molecule has 0 aliphatic carbocycles. The topological polar surface area (TPSA) is 106 Å². The van der Waals surface area contributed by atoms with Gasteiger partial charge in [-0.3, -0.25) is 14.4 Å². The number of nitrogens with zero attached hydrogens (tertiary/aromatic N) is 2. The molecule has 9 heteroatoms. The number of carbonyl (C=O) groups excluding carboxylic acids is 3. The van der Waals surface area contributed by atoms with E-state index in [1.165, 1.54) is 4.90 Å². The summed E-state index contributed by atoms with van der Waals surface area (Å²) in [5.74, 6) is -2.36. The van der Waals surface area contributed by atoms with Crippen molar-refractivity contribution in [2.75, 3.05) is 31.8 Å². The minimum atomic E-state index is -1.35. The molecule has 1 aromatic rings. The molecule has 34 heavy (non-hydrogen) atoms. The largest absolute Gasteiger partial charge is 0.497 e. The molecule has 0 bridgehead atoms. The molecule has 2 saturated heterocycles. The maximum absolute atomic E-state index is 14.1. The van der Waals surface area contributed by atoms with Gasteiger partial charge in [0.1, 0.15) is 23.3 Å². The molecule has 180 valence electrons. The van der Waals surface area contributed by atoms with Crippen LogP contribution >= 0.6 is 0 Å². The molecule has 6 atom stereocenters. The van der Waals surface area contributed by atoms with Crippen LogP contribution in [0, 0.1) is 11.8 Å². The second-order valence-corrected chi connectivity index (χ2v) is 9.05. The molecule has 0 aromatic heterocycles. The number of aliphatic hydroxyl groups excluding tert-OH is 1. The summed E-state index contributed by atoms with van der Waals surface area (Å²) in [5, 5.41) is 9.93. The van der Waals surface area contributed by atoms with E-state index in [-0.39, 0.29) is 31.6 Å². The average molecular weight is 469 g/mol. The second-order valence-electron chi connectivity index (χ2n) is 9.05. The Labute approximate surface area is 197 Å². The van der Waals surface area contributed by atoms with Crippen LogP contribution in [0.3, 0.4) is 0 Å². The van der Waals surface area contributed by atoms with E-state index in [0.29, 0.717) is 17.9 Å². The summed E-state index contributed by atoms with van der Waals surface area (Å²) in [7, 11) is 1.57. The lowest BCUT2D eigenvalue weighted by atomic mass is 9.77. The Morgan fingerprint density at radius 3 is 2.65 bits per heavy atom. The number of anilines is 1. The van der Waals surface area contributed by atoms with Crippen LogP contribution in [0.4, 0.5) is 5.69 Å². The molecule has 0 radical (unpaired) electrons. The summed E-state index contributed by atoms with van der Waals surface area (Å²) >= 11 is 0. The first kappa shape index (κ1) is 22.6.